The summed E-state index contributed by atoms with van der Waals surface area (Å²) in [6.07, 6.45) is 6.35. The highest BCUT2D eigenvalue weighted by molar-refractivity contribution is 6.33. The Balaban J connectivity index is 1.42. The molecule has 6 nitrogen and oxygen atoms in total. The van der Waals surface area contributed by atoms with Crippen LogP contribution in [0.15, 0.2) is 30.5 Å². The van der Waals surface area contributed by atoms with Crippen molar-refractivity contribution in [3.05, 3.63) is 35.5 Å². The fourth-order valence-electron chi connectivity index (χ4n) is 3.77. The van der Waals surface area contributed by atoms with Gasteiger partial charge in [-0.25, -0.2) is 9.97 Å². The van der Waals surface area contributed by atoms with Gasteiger partial charge in [-0.05, 0) is 56.3 Å². The van der Waals surface area contributed by atoms with E-state index in [9.17, 15) is 0 Å². The standard InChI is InChI=1S/C21H28ClN5O/c22-18-14-26-21(25-13-16-3-2-8-23-16)11-17(18)19-4-1-5-20(27-19)24-12-15-6-9-28-10-7-15/h1,4-5,11,14-16,23H,2-3,6-10,12-13H2,(H,24,27)(H,25,26). The van der Waals surface area contributed by atoms with Crippen LogP contribution in [0.5, 0.6) is 0 Å². The summed E-state index contributed by atoms with van der Waals surface area (Å²) in [5, 5.41) is 11.0. The average molecular weight is 402 g/mol. The molecule has 150 valence electrons. The SMILES string of the molecule is Clc1cnc(NCC2CCCN2)cc1-c1cccc(NCC2CCOCC2)n1. The Labute approximate surface area is 171 Å². The topological polar surface area (TPSA) is 71.1 Å². The smallest absolute Gasteiger partial charge is 0.126 e. The zero-order valence-corrected chi connectivity index (χ0v) is 16.8. The molecule has 4 heterocycles. The highest BCUT2D eigenvalue weighted by Crippen LogP contribution is 2.29. The monoisotopic (exact) mass is 401 g/mol. The zero-order chi connectivity index (χ0) is 19.2. The molecule has 2 aliphatic heterocycles. The third kappa shape index (κ3) is 5.13. The summed E-state index contributed by atoms with van der Waals surface area (Å²) in [6.45, 7) is 4.61. The second kappa shape index (κ2) is 9.54. The highest BCUT2D eigenvalue weighted by atomic mass is 35.5. The van der Waals surface area contributed by atoms with Gasteiger partial charge < -0.3 is 20.7 Å². The number of nitrogens with zero attached hydrogens (tertiary/aromatic N) is 2. The van der Waals surface area contributed by atoms with Crippen LogP contribution in [-0.4, -0.2) is 48.9 Å². The van der Waals surface area contributed by atoms with Gasteiger partial charge in [0.2, 0.25) is 0 Å². The molecule has 0 spiro atoms. The van der Waals surface area contributed by atoms with E-state index in [1.807, 2.05) is 24.3 Å². The van der Waals surface area contributed by atoms with Gasteiger partial charge in [0, 0.05) is 44.1 Å². The van der Waals surface area contributed by atoms with E-state index in [1.165, 1.54) is 12.8 Å². The summed E-state index contributed by atoms with van der Waals surface area (Å²) in [5.74, 6) is 2.35. The molecule has 0 radical (unpaired) electrons. The number of aromatic nitrogens is 2. The fourth-order valence-corrected chi connectivity index (χ4v) is 3.97. The van der Waals surface area contributed by atoms with Gasteiger partial charge in [0.15, 0.2) is 0 Å². The molecule has 7 heteroatoms. The molecular formula is C21H28ClN5O. The molecule has 2 aliphatic rings. The van der Waals surface area contributed by atoms with Crippen molar-refractivity contribution in [2.45, 2.75) is 31.7 Å². The zero-order valence-electron chi connectivity index (χ0n) is 16.1. The Morgan fingerprint density at radius 1 is 1.11 bits per heavy atom. The van der Waals surface area contributed by atoms with Crippen molar-refractivity contribution in [1.82, 2.24) is 15.3 Å². The van der Waals surface area contributed by atoms with E-state index in [2.05, 4.69) is 20.9 Å². The molecule has 1 unspecified atom stereocenters. The summed E-state index contributed by atoms with van der Waals surface area (Å²) in [6, 6.07) is 8.51. The molecule has 4 rings (SSSR count). The summed E-state index contributed by atoms with van der Waals surface area (Å²) >= 11 is 6.43. The third-order valence-electron chi connectivity index (χ3n) is 5.49. The first kappa shape index (κ1) is 19.4. The van der Waals surface area contributed by atoms with Crippen LogP contribution in [0.3, 0.4) is 0 Å². The minimum Gasteiger partial charge on any atom is -0.381 e. The average Bonchev–Trinajstić information content (AvgIpc) is 3.26. The van der Waals surface area contributed by atoms with Gasteiger partial charge >= 0.3 is 0 Å². The molecule has 0 aliphatic carbocycles. The molecule has 0 bridgehead atoms. The van der Waals surface area contributed by atoms with Gasteiger partial charge in [-0.3, -0.25) is 0 Å². The lowest BCUT2D eigenvalue weighted by molar-refractivity contribution is 0.0699. The molecule has 2 aromatic heterocycles. The molecule has 2 aromatic rings. The first-order valence-electron chi connectivity index (χ1n) is 10.2. The van der Waals surface area contributed by atoms with E-state index in [1.54, 1.807) is 6.20 Å². The van der Waals surface area contributed by atoms with Gasteiger partial charge in [0.25, 0.3) is 0 Å². The molecule has 2 fully saturated rings. The molecule has 0 amide bonds. The molecule has 28 heavy (non-hydrogen) atoms. The molecular weight excluding hydrogens is 374 g/mol. The molecule has 3 N–H and O–H groups in total. The predicted octanol–water partition coefficient (Wildman–Crippen LogP) is 3.80. The Hall–Kier alpha value is -1.89. The fraction of sp³-hybridized carbons (Fsp3) is 0.524. The molecule has 2 saturated heterocycles. The van der Waals surface area contributed by atoms with E-state index in [4.69, 9.17) is 21.3 Å². The number of halogens is 1. The maximum absolute atomic E-state index is 6.43. The van der Waals surface area contributed by atoms with Crippen molar-refractivity contribution in [2.75, 3.05) is 43.5 Å². The predicted molar refractivity (Wildman–Crippen MR) is 114 cm³/mol. The van der Waals surface area contributed by atoms with Crippen molar-refractivity contribution in [3.63, 3.8) is 0 Å². The number of hydrogen-bond donors (Lipinski definition) is 3. The molecule has 0 aromatic carbocycles. The second-order valence-electron chi connectivity index (χ2n) is 7.57. The van der Waals surface area contributed by atoms with Crippen LogP contribution in [-0.2, 0) is 4.74 Å². The van der Waals surface area contributed by atoms with Gasteiger partial charge in [0.05, 0.1) is 10.7 Å². The lowest BCUT2D eigenvalue weighted by Crippen LogP contribution is -2.29. The Morgan fingerprint density at radius 2 is 1.96 bits per heavy atom. The van der Waals surface area contributed by atoms with Crippen LogP contribution in [0.4, 0.5) is 11.6 Å². The molecule has 0 saturated carbocycles. The van der Waals surface area contributed by atoms with Gasteiger partial charge in [-0.15, -0.1) is 0 Å². The number of nitrogens with one attached hydrogen (secondary N) is 3. The second-order valence-corrected chi connectivity index (χ2v) is 7.98. The third-order valence-corrected chi connectivity index (χ3v) is 5.79. The van der Waals surface area contributed by atoms with Gasteiger partial charge in [0.1, 0.15) is 11.6 Å². The van der Waals surface area contributed by atoms with Crippen molar-refractivity contribution in [3.8, 4) is 11.3 Å². The van der Waals surface area contributed by atoms with E-state index >= 15 is 0 Å². The Bertz CT molecular complexity index is 775. The summed E-state index contributed by atoms with van der Waals surface area (Å²) in [5.41, 5.74) is 1.75. The summed E-state index contributed by atoms with van der Waals surface area (Å²) in [7, 11) is 0. The van der Waals surface area contributed by atoms with Crippen molar-refractivity contribution in [2.24, 2.45) is 5.92 Å². The van der Waals surface area contributed by atoms with Crippen LogP contribution in [0.2, 0.25) is 5.02 Å². The van der Waals surface area contributed by atoms with Crippen molar-refractivity contribution < 1.29 is 4.74 Å². The van der Waals surface area contributed by atoms with Crippen molar-refractivity contribution >= 4 is 23.2 Å². The van der Waals surface area contributed by atoms with Gasteiger partial charge in [-0.2, -0.15) is 0 Å². The van der Waals surface area contributed by atoms with Crippen LogP contribution in [0.25, 0.3) is 11.3 Å². The largest absolute Gasteiger partial charge is 0.381 e. The van der Waals surface area contributed by atoms with Crippen LogP contribution < -0.4 is 16.0 Å². The summed E-state index contributed by atoms with van der Waals surface area (Å²) < 4.78 is 5.43. The van der Waals surface area contributed by atoms with E-state index in [0.29, 0.717) is 17.0 Å². The first-order chi connectivity index (χ1) is 13.8. The minimum atomic E-state index is 0.511. The number of anilines is 2. The number of ether oxygens (including phenoxy) is 1. The number of rotatable bonds is 7. The molecule has 1 atom stereocenters. The van der Waals surface area contributed by atoms with E-state index in [0.717, 1.165) is 68.6 Å². The first-order valence-corrected chi connectivity index (χ1v) is 10.6. The Kier molecular flexibility index (Phi) is 6.62. The maximum atomic E-state index is 6.43. The Morgan fingerprint density at radius 3 is 2.79 bits per heavy atom. The van der Waals surface area contributed by atoms with Crippen LogP contribution in [0.1, 0.15) is 25.7 Å². The quantitative estimate of drug-likeness (QED) is 0.655. The lowest BCUT2D eigenvalue weighted by atomic mass is 10.0. The normalized spacial score (nSPS) is 20.2. The number of hydrogen-bond acceptors (Lipinski definition) is 6. The van der Waals surface area contributed by atoms with Gasteiger partial charge in [-0.1, -0.05) is 17.7 Å². The highest BCUT2D eigenvalue weighted by Gasteiger charge is 2.15. The summed E-state index contributed by atoms with van der Waals surface area (Å²) in [4.78, 5) is 9.19. The maximum Gasteiger partial charge on any atom is 0.126 e. The van der Waals surface area contributed by atoms with Crippen molar-refractivity contribution in [1.29, 1.82) is 0 Å². The number of pyridine rings is 2. The minimum absolute atomic E-state index is 0.511. The van der Waals surface area contributed by atoms with E-state index in [-0.39, 0.29) is 0 Å². The lowest BCUT2D eigenvalue weighted by Gasteiger charge is -2.22. The van der Waals surface area contributed by atoms with E-state index < -0.39 is 0 Å². The van der Waals surface area contributed by atoms with Crippen LogP contribution >= 0.6 is 11.6 Å². The van der Waals surface area contributed by atoms with Crippen LogP contribution in [0, 0.1) is 5.92 Å².